The highest BCUT2D eigenvalue weighted by atomic mass is 19.4. The fourth-order valence-electron chi connectivity index (χ4n) is 4.21. The normalized spacial score (nSPS) is 14.4. The van der Waals surface area contributed by atoms with Gasteiger partial charge in [0, 0.05) is 34.8 Å². The van der Waals surface area contributed by atoms with Gasteiger partial charge in [-0.25, -0.2) is 9.78 Å². The number of fused-ring (bicyclic) bond motifs is 2. The Hall–Kier alpha value is -4.34. The minimum Gasteiger partial charge on any atom is -0.364 e. The summed E-state index contributed by atoms with van der Waals surface area (Å²) in [6.07, 6.45) is -4.99. The number of nitrogens with zero attached hydrogens (tertiary/aromatic N) is 2. The van der Waals surface area contributed by atoms with E-state index in [2.05, 4.69) is 15.1 Å². The fraction of sp³-hybridized carbons (Fsp3) is 0.192. The van der Waals surface area contributed by atoms with Crippen LogP contribution in [-0.2, 0) is 16.1 Å². The molecule has 0 aliphatic carbocycles. The van der Waals surface area contributed by atoms with Gasteiger partial charge in [0.2, 0.25) is 0 Å². The summed E-state index contributed by atoms with van der Waals surface area (Å²) in [7, 11) is 0. The maximum Gasteiger partial charge on any atom is 0.493 e. The number of hydroxylamine groups is 2. The molecule has 0 bridgehead atoms. The molecule has 7 nitrogen and oxygen atoms in total. The van der Waals surface area contributed by atoms with Crippen molar-refractivity contribution >= 4 is 28.6 Å². The van der Waals surface area contributed by atoms with Gasteiger partial charge in [-0.1, -0.05) is 48.5 Å². The molecule has 2 aromatic carbocycles. The number of H-pyrrole nitrogens is 1. The van der Waals surface area contributed by atoms with Crippen LogP contribution in [0, 0.1) is 0 Å². The number of pyridine rings is 1. The highest BCUT2D eigenvalue weighted by molar-refractivity contribution is 6.00. The average Bonchev–Trinajstić information content (AvgIpc) is 3.30. The zero-order valence-corrected chi connectivity index (χ0v) is 19.1. The molecule has 1 atom stereocenters. The molecule has 5 rings (SSSR count). The fourth-order valence-corrected chi connectivity index (χ4v) is 4.21. The second-order valence-corrected chi connectivity index (χ2v) is 8.46. The molecule has 1 aliphatic rings. The van der Waals surface area contributed by atoms with Crippen LogP contribution in [-0.4, -0.2) is 39.6 Å². The molecule has 10 heteroatoms. The zero-order valence-electron chi connectivity index (χ0n) is 19.1. The van der Waals surface area contributed by atoms with Crippen molar-refractivity contribution in [1.82, 2.24) is 15.0 Å². The predicted octanol–water partition coefficient (Wildman–Crippen LogP) is 5.42. The first kappa shape index (κ1) is 23.4. The molecule has 36 heavy (non-hydrogen) atoms. The van der Waals surface area contributed by atoms with Crippen molar-refractivity contribution < 1.29 is 27.6 Å². The Morgan fingerprint density at radius 3 is 2.61 bits per heavy atom. The predicted molar refractivity (Wildman–Crippen MR) is 127 cm³/mol. The van der Waals surface area contributed by atoms with E-state index in [1.54, 1.807) is 6.07 Å². The van der Waals surface area contributed by atoms with Crippen LogP contribution < -0.4 is 5.32 Å². The largest absolute Gasteiger partial charge is 0.493 e. The van der Waals surface area contributed by atoms with Crippen LogP contribution in [0.15, 0.2) is 66.7 Å². The molecule has 0 radical (unpaired) electrons. The maximum atomic E-state index is 12.7. The van der Waals surface area contributed by atoms with E-state index in [0.717, 1.165) is 16.5 Å². The van der Waals surface area contributed by atoms with Gasteiger partial charge in [-0.2, -0.15) is 18.2 Å². The number of aromatic nitrogens is 2. The van der Waals surface area contributed by atoms with Crippen LogP contribution in [0.3, 0.4) is 0 Å². The highest BCUT2D eigenvalue weighted by Crippen LogP contribution is 2.32. The first-order chi connectivity index (χ1) is 17.2. The summed E-state index contributed by atoms with van der Waals surface area (Å²) in [6.45, 7) is 1.85. The second kappa shape index (κ2) is 9.03. The quantitative estimate of drug-likeness (QED) is 0.387. The van der Waals surface area contributed by atoms with Gasteiger partial charge in [0.25, 0.3) is 5.91 Å². The molecule has 1 unspecified atom stereocenters. The molecule has 0 saturated carbocycles. The molecule has 0 saturated heterocycles. The smallest absolute Gasteiger partial charge is 0.364 e. The average molecular weight is 494 g/mol. The molecular weight excluding hydrogens is 473 g/mol. The van der Waals surface area contributed by atoms with E-state index in [0.29, 0.717) is 27.8 Å². The number of carbonyl (C=O) groups is 2. The van der Waals surface area contributed by atoms with Crippen molar-refractivity contribution in [2.45, 2.75) is 25.6 Å². The molecule has 2 N–H and O–H groups in total. The number of hydrogen-bond donors (Lipinski definition) is 2. The number of hydrogen-bond acceptors (Lipinski definition) is 5. The van der Waals surface area contributed by atoms with Crippen LogP contribution >= 0.6 is 0 Å². The van der Waals surface area contributed by atoms with E-state index in [1.807, 2.05) is 67.6 Å². The Morgan fingerprint density at radius 2 is 1.86 bits per heavy atom. The zero-order chi connectivity index (χ0) is 25.4. The number of carbonyl (C=O) groups excluding carboxylic acids is 2. The molecule has 1 aliphatic heterocycles. The van der Waals surface area contributed by atoms with Gasteiger partial charge in [-0.3, -0.25) is 4.79 Å². The van der Waals surface area contributed by atoms with Crippen LogP contribution in [0.4, 0.5) is 19.0 Å². The van der Waals surface area contributed by atoms with Gasteiger partial charge >= 0.3 is 12.1 Å². The van der Waals surface area contributed by atoms with Crippen molar-refractivity contribution in [3.05, 3.63) is 83.6 Å². The Balaban J connectivity index is 1.44. The minimum absolute atomic E-state index is 0.0177. The Kier molecular flexibility index (Phi) is 5.87. The van der Waals surface area contributed by atoms with E-state index < -0.39 is 18.1 Å². The number of amides is 1. The number of para-hydroxylation sites is 1. The number of anilines is 1. The SMILES string of the molecule is CC(Nc1ccc2cccc(-c3cc4c([nH]3)CCN(OC(=O)C(F)(F)F)C4=O)c2n1)c1ccccc1. The van der Waals surface area contributed by atoms with Crippen LogP contribution in [0.5, 0.6) is 0 Å². The molecule has 4 aromatic rings. The minimum atomic E-state index is -5.19. The first-order valence-corrected chi connectivity index (χ1v) is 11.2. The number of aromatic amines is 1. The van der Waals surface area contributed by atoms with Crippen molar-refractivity contribution in [3.8, 4) is 11.3 Å². The van der Waals surface area contributed by atoms with Gasteiger partial charge in [0.15, 0.2) is 0 Å². The molecule has 2 aromatic heterocycles. The number of halogens is 3. The van der Waals surface area contributed by atoms with Gasteiger partial charge in [0.05, 0.1) is 17.6 Å². The molecular formula is C26H21F3N4O3. The Bertz CT molecular complexity index is 1450. The van der Waals surface area contributed by atoms with Crippen LogP contribution in [0.2, 0.25) is 0 Å². The maximum absolute atomic E-state index is 12.7. The molecule has 184 valence electrons. The van der Waals surface area contributed by atoms with E-state index in [4.69, 9.17) is 4.98 Å². The summed E-state index contributed by atoms with van der Waals surface area (Å²) in [5, 5.41) is 4.73. The van der Waals surface area contributed by atoms with E-state index in [1.165, 1.54) is 0 Å². The summed E-state index contributed by atoms with van der Waals surface area (Å²) >= 11 is 0. The lowest BCUT2D eigenvalue weighted by Gasteiger charge is -2.25. The number of nitrogens with one attached hydrogen (secondary N) is 2. The Morgan fingerprint density at radius 1 is 1.08 bits per heavy atom. The lowest BCUT2D eigenvalue weighted by Crippen LogP contribution is -2.42. The number of benzene rings is 2. The van der Waals surface area contributed by atoms with E-state index in [9.17, 15) is 22.8 Å². The summed E-state index contributed by atoms with van der Waals surface area (Å²) < 4.78 is 37.7. The molecule has 1 amide bonds. The third-order valence-electron chi connectivity index (χ3n) is 6.02. The summed E-state index contributed by atoms with van der Waals surface area (Å²) in [6, 6.07) is 21.0. The monoisotopic (exact) mass is 494 g/mol. The van der Waals surface area contributed by atoms with Crippen molar-refractivity contribution in [1.29, 1.82) is 0 Å². The Labute approximate surface area is 203 Å². The number of rotatable bonds is 5. The van der Waals surface area contributed by atoms with Gasteiger partial charge in [-0.15, -0.1) is 0 Å². The van der Waals surface area contributed by atoms with Crippen LogP contribution in [0.25, 0.3) is 22.2 Å². The van der Waals surface area contributed by atoms with E-state index in [-0.39, 0.29) is 24.6 Å². The van der Waals surface area contributed by atoms with E-state index >= 15 is 0 Å². The van der Waals surface area contributed by atoms with Gasteiger partial charge in [0.1, 0.15) is 5.82 Å². The molecule has 0 fully saturated rings. The lowest BCUT2D eigenvalue weighted by atomic mass is 10.1. The first-order valence-electron chi connectivity index (χ1n) is 11.2. The summed E-state index contributed by atoms with van der Waals surface area (Å²) in [4.78, 5) is 36.2. The van der Waals surface area contributed by atoms with Crippen molar-refractivity contribution in [2.75, 3.05) is 11.9 Å². The highest BCUT2D eigenvalue weighted by Gasteiger charge is 2.44. The third kappa shape index (κ3) is 4.49. The number of alkyl halides is 3. The molecule has 0 spiro atoms. The van der Waals surface area contributed by atoms with Crippen LogP contribution in [0.1, 0.15) is 34.6 Å². The van der Waals surface area contributed by atoms with Crippen molar-refractivity contribution in [3.63, 3.8) is 0 Å². The topological polar surface area (TPSA) is 87.3 Å². The summed E-state index contributed by atoms with van der Waals surface area (Å²) in [5.41, 5.74) is 3.81. The summed E-state index contributed by atoms with van der Waals surface area (Å²) in [5.74, 6) is -2.58. The van der Waals surface area contributed by atoms with Crippen molar-refractivity contribution in [2.24, 2.45) is 0 Å². The third-order valence-corrected chi connectivity index (χ3v) is 6.02. The molecule has 3 heterocycles. The van der Waals surface area contributed by atoms with Gasteiger partial charge < -0.3 is 15.1 Å². The standard InChI is InChI=1S/C26H21F3N4O3/c1-15(16-6-3-2-4-7-16)30-22-11-10-17-8-5-9-18(23(17)32-22)21-14-19-20(31-21)12-13-33(24(19)34)36-25(35)26(27,28)29/h2-11,14-15,31H,12-13H2,1H3,(H,30,32). The second-order valence-electron chi connectivity index (χ2n) is 8.46. The van der Waals surface area contributed by atoms with Gasteiger partial charge in [-0.05, 0) is 30.7 Å². The lowest BCUT2D eigenvalue weighted by molar-refractivity contribution is -0.228.